The standard InChI is InChI=1S/C18H29NO5/c1-6-7-10-18(4,5)12-24-17(23)19-15(16(21)22)9-8-14(20)11-13(2)3/h6,11,15H,1,7-10,12H2,2-5H3,(H,19,23)(H,21,22). The number of hydrogen-bond acceptors (Lipinski definition) is 4. The smallest absolute Gasteiger partial charge is 0.407 e. The number of ether oxygens (including phenoxy) is 1. The number of carboxylic acid groups (broad SMARTS) is 1. The van der Waals surface area contributed by atoms with Crippen molar-refractivity contribution in [3.05, 3.63) is 24.3 Å². The summed E-state index contributed by atoms with van der Waals surface area (Å²) in [6.45, 7) is 11.3. The van der Waals surface area contributed by atoms with Crippen molar-refractivity contribution in [3.8, 4) is 0 Å². The molecule has 0 saturated carbocycles. The highest BCUT2D eigenvalue weighted by molar-refractivity contribution is 5.90. The molecule has 0 heterocycles. The monoisotopic (exact) mass is 339 g/mol. The Kier molecular flexibility index (Phi) is 9.69. The Morgan fingerprint density at radius 2 is 1.92 bits per heavy atom. The topological polar surface area (TPSA) is 92.7 Å². The maximum atomic E-state index is 11.8. The molecule has 24 heavy (non-hydrogen) atoms. The van der Waals surface area contributed by atoms with Gasteiger partial charge in [0, 0.05) is 6.42 Å². The third-order valence-corrected chi connectivity index (χ3v) is 3.34. The van der Waals surface area contributed by atoms with E-state index < -0.39 is 18.1 Å². The second-order valence-electron chi connectivity index (χ2n) is 6.83. The summed E-state index contributed by atoms with van der Waals surface area (Å²) in [6.07, 6.45) is 4.15. The lowest BCUT2D eigenvalue weighted by molar-refractivity contribution is -0.139. The van der Waals surface area contributed by atoms with Crippen molar-refractivity contribution >= 4 is 17.8 Å². The minimum Gasteiger partial charge on any atom is -0.480 e. The van der Waals surface area contributed by atoms with Gasteiger partial charge in [-0.1, -0.05) is 25.5 Å². The first-order chi connectivity index (χ1) is 11.1. The molecule has 0 bridgehead atoms. The molecule has 0 saturated heterocycles. The van der Waals surface area contributed by atoms with Gasteiger partial charge in [0.15, 0.2) is 5.78 Å². The molecule has 0 aromatic rings. The Balaban J connectivity index is 4.43. The van der Waals surface area contributed by atoms with Crippen LogP contribution in [-0.4, -0.2) is 35.6 Å². The summed E-state index contributed by atoms with van der Waals surface area (Å²) < 4.78 is 5.11. The third kappa shape index (κ3) is 10.6. The highest BCUT2D eigenvalue weighted by Gasteiger charge is 2.24. The van der Waals surface area contributed by atoms with Gasteiger partial charge in [0.05, 0.1) is 6.61 Å². The molecule has 2 N–H and O–H groups in total. The zero-order valence-corrected chi connectivity index (χ0v) is 15.1. The molecule has 0 aliphatic rings. The first-order valence-electron chi connectivity index (χ1n) is 8.02. The molecular weight excluding hydrogens is 310 g/mol. The number of rotatable bonds is 11. The van der Waals surface area contributed by atoms with E-state index in [1.807, 2.05) is 13.8 Å². The zero-order valence-electron chi connectivity index (χ0n) is 15.1. The van der Waals surface area contributed by atoms with Crippen molar-refractivity contribution in [1.82, 2.24) is 5.32 Å². The Morgan fingerprint density at radius 3 is 2.42 bits per heavy atom. The fourth-order valence-electron chi connectivity index (χ4n) is 1.95. The van der Waals surface area contributed by atoms with Crippen molar-refractivity contribution in [1.29, 1.82) is 0 Å². The van der Waals surface area contributed by atoms with Crippen LogP contribution < -0.4 is 5.32 Å². The van der Waals surface area contributed by atoms with Gasteiger partial charge in [-0.2, -0.15) is 0 Å². The van der Waals surface area contributed by atoms with Gasteiger partial charge in [-0.3, -0.25) is 4.79 Å². The van der Waals surface area contributed by atoms with Gasteiger partial charge in [0.2, 0.25) is 0 Å². The summed E-state index contributed by atoms with van der Waals surface area (Å²) in [6, 6.07) is -1.15. The van der Waals surface area contributed by atoms with E-state index in [1.54, 1.807) is 19.9 Å². The van der Waals surface area contributed by atoms with Crippen molar-refractivity contribution < 1.29 is 24.2 Å². The number of alkyl carbamates (subject to hydrolysis) is 1. The Hall–Kier alpha value is -2.11. The molecule has 1 unspecified atom stereocenters. The minimum atomic E-state index is -1.19. The number of carboxylic acids is 1. The van der Waals surface area contributed by atoms with E-state index in [2.05, 4.69) is 11.9 Å². The lowest BCUT2D eigenvalue weighted by atomic mass is 9.89. The van der Waals surface area contributed by atoms with Crippen LogP contribution in [0.4, 0.5) is 4.79 Å². The molecule has 0 spiro atoms. The fourth-order valence-corrected chi connectivity index (χ4v) is 1.95. The number of allylic oxidation sites excluding steroid dienone is 3. The molecule has 0 aromatic heterocycles. The molecule has 6 heteroatoms. The number of nitrogens with one attached hydrogen (secondary N) is 1. The van der Waals surface area contributed by atoms with Gasteiger partial charge in [0.1, 0.15) is 6.04 Å². The van der Waals surface area contributed by atoms with Gasteiger partial charge >= 0.3 is 12.1 Å². The van der Waals surface area contributed by atoms with Crippen molar-refractivity contribution in [3.63, 3.8) is 0 Å². The van der Waals surface area contributed by atoms with E-state index in [4.69, 9.17) is 9.84 Å². The van der Waals surface area contributed by atoms with E-state index in [-0.39, 0.29) is 30.6 Å². The van der Waals surface area contributed by atoms with Crippen molar-refractivity contribution in [2.45, 2.75) is 59.4 Å². The second kappa shape index (κ2) is 10.6. The maximum absolute atomic E-state index is 11.8. The van der Waals surface area contributed by atoms with Crippen LogP contribution in [0, 0.1) is 5.41 Å². The molecule has 0 aliphatic heterocycles. The minimum absolute atomic E-state index is 0.0207. The van der Waals surface area contributed by atoms with E-state index >= 15 is 0 Å². The Morgan fingerprint density at radius 1 is 1.29 bits per heavy atom. The zero-order chi connectivity index (χ0) is 18.8. The summed E-state index contributed by atoms with van der Waals surface area (Å²) in [5.74, 6) is -1.36. The highest BCUT2D eigenvalue weighted by atomic mass is 16.5. The SMILES string of the molecule is C=CCCC(C)(C)COC(=O)NC(CCC(=O)C=C(C)C)C(=O)O. The first-order valence-corrected chi connectivity index (χ1v) is 8.02. The summed E-state index contributed by atoms with van der Waals surface area (Å²) in [7, 11) is 0. The van der Waals surface area contributed by atoms with Crippen molar-refractivity contribution in [2.24, 2.45) is 5.41 Å². The summed E-state index contributed by atoms with van der Waals surface area (Å²) >= 11 is 0. The summed E-state index contributed by atoms with van der Waals surface area (Å²) in [5.41, 5.74) is 0.630. The lowest BCUT2D eigenvalue weighted by Gasteiger charge is -2.24. The largest absolute Gasteiger partial charge is 0.480 e. The highest BCUT2D eigenvalue weighted by Crippen LogP contribution is 2.22. The third-order valence-electron chi connectivity index (χ3n) is 3.34. The van der Waals surface area contributed by atoms with Gasteiger partial charge < -0.3 is 15.2 Å². The van der Waals surface area contributed by atoms with Gasteiger partial charge in [0.25, 0.3) is 0 Å². The first kappa shape index (κ1) is 21.9. The van der Waals surface area contributed by atoms with Crippen LogP contribution in [0.2, 0.25) is 0 Å². The van der Waals surface area contributed by atoms with Crippen LogP contribution in [0.25, 0.3) is 0 Å². The van der Waals surface area contributed by atoms with E-state index in [0.29, 0.717) is 0 Å². The van der Waals surface area contributed by atoms with Crippen LogP contribution >= 0.6 is 0 Å². The molecule has 0 aromatic carbocycles. The molecule has 136 valence electrons. The van der Waals surface area contributed by atoms with Crippen LogP contribution in [0.5, 0.6) is 0 Å². The number of carbonyl (C=O) groups excluding carboxylic acids is 2. The van der Waals surface area contributed by atoms with Crippen LogP contribution in [0.3, 0.4) is 0 Å². The number of ketones is 1. The molecule has 1 atom stereocenters. The van der Waals surface area contributed by atoms with Crippen molar-refractivity contribution in [2.75, 3.05) is 6.61 Å². The van der Waals surface area contributed by atoms with Crippen LogP contribution in [0.15, 0.2) is 24.3 Å². The Bertz CT molecular complexity index is 490. The number of hydrogen-bond donors (Lipinski definition) is 2. The number of carbonyl (C=O) groups is 3. The van der Waals surface area contributed by atoms with Gasteiger partial charge in [-0.25, -0.2) is 9.59 Å². The van der Waals surface area contributed by atoms with Gasteiger partial charge in [-0.05, 0) is 44.6 Å². The number of aliphatic carboxylic acids is 1. The molecule has 6 nitrogen and oxygen atoms in total. The molecule has 0 fully saturated rings. The molecular formula is C18H29NO5. The van der Waals surface area contributed by atoms with Crippen LogP contribution in [0.1, 0.15) is 53.4 Å². The number of amides is 1. The fraction of sp³-hybridized carbons (Fsp3) is 0.611. The predicted molar refractivity (Wildman–Crippen MR) is 92.8 cm³/mol. The summed E-state index contributed by atoms with van der Waals surface area (Å²) in [5, 5.41) is 11.5. The van der Waals surface area contributed by atoms with E-state index in [0.717, 1.165) is 18.4 Å². The normalized spacial score (nSPS) is 12.0. The maximum Gasteiger partial charge on any atom is 0.407 e. The molecule has 0 rings (SSSR count). The average molecular weight is 339 g/mol. The molecule has 0 aliphatic carbocycles. The molecule has 1 amide bonds. The molecule has 0 radical (unpaired) electrons. The Labute approximate surface area is 144 Å². The predicted octanol–water partition coefficient (Wildman–Crippen LogP) is 3.47. The lowest BCUT2D eigenvalue weighted by Crippen LogP contribution is -2.42. The average Bonchev–Trinajstić information content (AvgIpc) is 2.46. The van der Waals surface area contributed by atoms with Gasteiger partial charge in [-0.15, -0.1) is 6.58 Å². The van der Waals surface area contributed by atoms with Crippen LogP contribution in [-0.2, 0) is 14.3 Å². The van der Waals surface area contributed by atoms with E-state index in [9.17, 15) is 14.4 Å². The second-order valence-corrected chi connectivity index (χ2v) is 6.83. The van der Waals surface area contributed by atoms with E-state index in [1.165, 1.54) is 6.08 Å². The quantitative estimate of drug-likeness (QED) is 0.444. The summed E-state index contributed by atoms with van der Waals surface area (Å²) in [4.78, 5) is 34.6.